The van der Waals surface area contributed by atoms with Crippen molar-refractivity contribution in [3.05, 3.63) is 34.3 Å². The van der Waals surface area contributed by atoms with Gasteiger partial charge in [-0.3, -0.25) is 4.79 Å². The molecule has 98 valence electrons. The Morgan fingerprint density at radius 2 is 2.11 bits per heavy atom. The Balaban J connectivity index is 2.22. The SMILES string of the molecule is CC1CN(C(=O)c2ccccc2Br)CC(C)(C)O1. The second-order valence-electron chi connectivity index (χ2n) is 5.35. The van der Waals surface area contributed by atoms with Gasteiger partial charge in [0.2, 0.25) is 0 Å². The number of morpholine rings is 1. The lowest BCUT2D eigenvalue weighted by Crippen LogP contribution is -2.53. The molecule has 18 heavy (non-hydrogen) atoms. The summed E-state index contributed by atoms with van der Waals surface area (Å²) in [7, 11) is 0. The van der Waals surface area contributed by atoms with Crippen molar-refractivity contribution in [3.63, 3.8) is 0 Å². The minimum absolute atomic E-state index is 0.0608. The van der Waals surface area contributed by atoms with Crippen LogP contribution in [0.1, 0.15) is 31.1 Å². The normalized spacial score (nSPS) is 22.9. The number of nitrogens with zero attached hydrogens (tertiary/aromatic N) is 1. The molecule has 0 radical (unpaired) electrons. The average molecular weight is 312 g/mol. The third-order valence-electron chi connectivity index (χ3n) is 2.96. The number of benzene rings is 1. The van der Waals surface area contributed by atoms with Gasteiger partial charge in [-0.2, -0.15) is 0 Å². The molecule has 1 fully saturated rings. The molecule has 0 aliphatic carbocycles. The highest BCUT2D eigenvalue weighted by molar-refractivity contribution is 9.10. The molecular formula is C14H18BrNO2. The number of carbonyl (C=O) groups is 1. The Kier molecular flexibility index (Phi) is 3.78. The highest BCUT2D eigenvalue weighted by Crippen LogP contribution is 2.24. The number of hydrogen-bond acceptors (Lipinski definition) is 2. The van der Waals surface area contributed by atoms with E-state index in [-0.39, 0.29) is 17.6 Å². The van der Waals surface area contributed by atoms with Crippen LogP contribution in [-0.4, -0.2) is 35.6 Å². The molecule has 1 aliphatic rings. The molecule has 1 saturated heterocycles. The molecule has 1 heterocycles. The van der Waals surface area contributed by atoms with Crippen molar-refractivity contribution in [2.75, 3.05) is 13.1 Å². The third-order valence-corrected chi connectivity index (χ3v) is 3.65. The van der Waals surface area contributed by atoms with Crippen LogP contribution < -0.4 is 0 Å². The predicted molar refractivity (Wildman–Crippen MR) is 74.7 cm³/mol. The molecule has 0 spiro atoms. The maximum Gasteiger partial charge on any atom is 0.255 e. The van der Waals surface area contributed by atoms with Crippen LogP contribution in [-0.2, 0) is 4.74 Å². The van der Waals surface area contributed by atoms with Crippen molar-refractivity contribution in [1.29, 1.82) is 0 Å². The predicted octanol–water partition coefficient (Wildman–Crippen LogP) is 3.09. The van der Waals surface area contributed by atoms with Gasteiger partial charge >= 0.3 is 0 Å². The molecule has 3 nitrogen and oxygen atoms in total. The van der Waals surface area contributed by atoms with Gasteiger partial charge in [-0.1, -0.05) is 12.1 Å². The Bertz CT molecular complexity index is 459. The quantitative estimate of drug-likeness (QED) is 0.797. The molecule has 1 unspecified atom stereocenters. The molecule has 1 aliphatic heterocycles. The minimum Gasteiger partial charge on any atom is -0.369 e. The summed E-state index contributed by atoms with van der Waals surface area (Å²) in [5, 5.41) is 0. The number of halogens is 1. The van der Waals surface area contributed by atoms with Gasteiger partial charge in [-0.15, -0.1) is 0 Å². The molecule has 1 amide bonds. The maximum absolute atomic E-state index is 12.5. The molecule has 1 aromatic carbocycles. The molecule has 0 N–H and O–H groups in total. The summed E-state index contributed by atoms with van der Waals surface area (Å²) in [6, 6.07) is 7.53. The number of amides is 1. The molecule has 4 heteroatoms. The first-order valence-corrected chi connectivity index (χ1v) is 6.90. The summed E-state index contributed by atoms with van der Waals surface area (Å²) in [5.74, 6) is 0.0608. The topological polar surface area (TPSA) is 29.5 Å². The Morgan fingerprint density at radius 3 is 2.72 bits per heavy atom. The maximum atomic E-state index is 12.5. The van der Waals surface area contributed by atoms with Gasteiger partial charge in [0.25, 0.3) is 5.91 Å². The lowest BCUT2D eigenvalue weighted by molar-refractivity contribution is -0.118. The Morgan fingerprint density at radius 1 is 1.44 bits per heavy atom. The lowest BCUT2D eigenvalue weighted by atomic mass is 10.0. The first-order chi connectivity index (χ1) is 8.39. The van der Waals surface area contributed by atoms with Crippen LogP contribution in [0.25, 0.3) is 0 Å². The Labute approximate surface area is 116 Å². The van der Waals surface area contributed by atoms with Crippen LogP contribution in [0.3, 0.4) is 0 Å². The van der Waals surface area contributed by atoms with Gasteiger partial charge in [0.1, 0.15) is 0 Å². The van der Waals surface area contributed by atoms with Gasteiger partial charge in [0, 0.05) is 17.6 Å². The number of hydrogen-bond donors (Lipinski definition) is 0. The van der Waals surface area contributed by atoms with Crippen LogP contribution in [0.2, 0.25) is 0 Å². The first-order valence-electron chi connectivity index (χ1n) is 6.11. The molecular weight excluding hydrogens is 294 g/mol. The van der Waals surface area contributed by atoms with E-state index >= 15 is 0 Å². The summed E-state index contributed by atoms with van der Waals surface area (Å²) in [4.78, 5) is 14.4. The molecule has 0 aromatic heterocycles. The second-order valence-corrected chi connectivity index (χ2v) is 6.21. The van der Waals surface area contributed by atoms with E-state index in [2.05, 4.69) is 15.9 Å². The zero-order valence-corrected chi connectivity index (χ0v) is 12.5. The molecule has 1 atom stereocenters. The largest absolute Gasteiger partial charge is 0.369 e. The average Bonchev–Trinajstić information content (AvgIpc) is 2.26. The van der Waals surface area contributed by atoms with Crippen molar-refractivity contribution >= 4 is 21.8 Å². The fraction of sp³-hybridized carbons (Fsp3) is 0.500. The van der Waals surface area contributed by atoms with Gasteiger partial charge in [-0.05, 0) is 48.8 Å². The zero-order valence-electron chi connectivity index (χ0n) is 10.9. The highest BCUT2D eigenvalue weighted by Gasteiger charge is 2.34. The fourth-order valence-electron chi connectivity index (χ4n) is 2.41. The second kappa shape index (κ2) is 5.02. The van der Waals surface area contributed by atoms with E-state index in [1.165, 1.54) is 0 Å². The van der Waals surface area contributed by atoms with E-state index in [1.807, 2.05) is 49.9 Å². The third kappa shape index (κ3) is 2.93. The van der Waals surface area contributed by atoms with Crippen molar-refractivity contribution in [3.8, 4) is 0 Å². The first kappa shape index (κ1) is 13.6. The molecule has 1 aromatic rings. The number of carbonyl (C=O) groups excluding carboxylic acids is 1. The summed E-state index contributed by atoms with van der Waals surface area (Å²) in [6.07, 6.45) is 0.0696. The van der Waals surface area contributed by atoms with E-state index in [0.717, 1.165) is 4.47 Å². The van der Waals surface area contributed by atoms with Crippen molar-refractivity contribution in [2.24, 2.45) is 0 Å². The number of ether oxygens (including phenoxy) is 1. The molecule has 0 bridgehead atoms. The van der Waals surface area contributed by atoms with Gasteiger partial charge in [0.05, 0.1) is 17.3 Å². The van der Waals surface area contributed by atoms with Gasteiger partial charge in [-0.25, -0.2) is 0 Å². The van der Waals surface area contributed by atoms with E-state index in [1.54, 1.807) is 0 Å². The van der Waals surface area contributed by atoms with Gasteiger partial charge in [0.15, 0.2) is 0 Å². The van der Waals surface area contributed by atoms with E-state index in [0.29, 0.717) is 18.7 Å². The number of rotatable bonds is 1. The van der Waals surface area contributed by atoms with Crippen LogP contribution in [0.5, 0.6) is 0 Å². The summed E-state index contributed by atoms with van der Waals surface area (Å²) < 4.78 is 6.65. The summed E-state index contributed by atoms with van der Waals surface area (Å²) in [6.45, 7) is 7.30. The van der Waals surface area contributed by atoms with Crippen molar-refractivity contribution in [1.82, 2.24) is 4.90 Å². The minimum atomic E-state index is -0.283. The van der Waals surface area contributed by atoms with Crippen LogP contribution in [0, 0.1) is 0 Å². The lowest BCUT2D eigenvalue weighted by Gasteiger charge is -2.41. The highest BCUT2D eigenvalue weighted by atomic mass is 79.9. The van der Waals surface area contributed by atoms with Crippen LogP contribution in [0.15, 0.2) is 28.7 Å². The van der Waals surface area contributed by atoms with Crippen molar-refractivity contribution in [2.45, 2.75) is 32.5 Å². The van der Waals surface area contributed by atoms with Crippen LogP contribution >= 0.6 is 15.9 Å². The monoisotopic (exact) mass is 311 g/mol. The van der Waals surface area contributed by atoms with Gasteiger partial charge < -0.3 is 9.64 Å². The standard InChI is InChI=1S/C14H18BrNO2/c1-10-8-16(9-14(2,3)18-10)13(17)11-6-4-5-7-12(11)15/h4-7,10H,8-9H2,1-3H3. The molecule has 0 saturated carbocycles. The van der Waals surface area contributed by atoms with Crippen LogP contribution in [0.4, 0.5) is 0 Å². The van der Waals surface area contributed by atoms with E-state index < -0.39 is 0 Å². The van der Waals surface area contributed by atoms with E-state index in [4.69, 9.17) is 4.74 Å². The van der Waals surface area contributed by atoms with E-state index in [9.17, 15) is 4.79 Å². The summed E-state index contributed by atoms with van der Waals surface area (Å²) >= 11 is 3.43. The molecule has 2 rings (SSSR count). The fourth-order valence-corrected chi connectivity index (χ4v) is 2.87. The smallest absolute Gasteiger partial charge is 0.255 e. The Hall–Kier alpha value is -0.870. The summed E-state index contributed by atoms with van der Waals surface area (Å²) in [5.41, 5.74) is 0.427. The zero-order chi connectivity index (χ0) is 13.3. The van der Waals surface area contributed by atoms with Crippen molar-refractivity contribution < 1.29 is 9.53 Å².